The average molecular weight is 206 g/mol. The van der Waals surface area contributed by atoms with Crippen molar-refractivity contribution in [3.8, 4) is 0 Å². The Bertz CT molecular complexity index is 377. The molecular weight excluding hydrogens is 192 g/mol. The van der Waals surface area contributed by atoms with Gasteiger partial charge in [-0.25, -0.2) is 4.79 Å². The SMILES string of the molecule is C/C(=C\C(C)(O)c1ccccc1)C(=O)O. The van der Waals surface area contributed by atoms with Gasteiger partial charge in [-0.05, 0) is 25.5 Å². The number of benzene rings is 1. The van der Waals surface area contributed by atoms with Crippen molar-refractivity contribution in [3.63, 3.8) is 0 Å². The van der Waals surface area contributed by atoms with Crippen molar-refractivity contribution in [1.29, 1.82) is 0 Å². The van der Waals surface area contributed by atoms with Crippen molar-refractivity contribution in [2.75, 3.05) is 0 Å². The molecular formula is C12H14O3. The summed E-state index contributed by atoms with van der Waals surface area (Å²) < 4.78 is 0. The van der Waals surface area contributed by atoms with Crippen LogP contribution in [0.4, 0.5) is 0 Å². The zero-order chi connectivity index (χ0) is 11.5. The Labute approximate surface area is 88.7 Å². The fourth-order valence-electron chi connectivity index (χ4n) is 1.34. The van der Waals surface area contributed by atoms with Gasteiger partial charge in [0.1, 0.15) is 5.60 Å². The Kier molecular flexibility index (Phi) is 3.27. The van der Waals surface area contributed by atoms with Crippen LogP contribution >= 0.6 is 0 Å². The summed E-state index contributed by atoms with van der Waals surface area (Å²) in [5.41, 5.74) is -0.446. The normalized spacial score (nSPS) is 15.8. The summed E-state index contributed by atoms with van der Waals surface area (Å²) in [6.07, 6.45) is 1.34. The molecule has 0 aromatic heterocycles. The molecule has 0 amide bonds. The van der Waals surface area contributed by atoms with Crippen LogP contribution in [0.2, 0.25) is 0 Å². The van der Waals surface area contributed by atoms with Crippen molar-refractivity contribution in [1.82, 2.24) is 0 Å². The molecule has 1 rings (SSSR count). The monoisotopic (exact) mass is 206 g/mol. The van der Waals surface area contributed by atoms with Crippen molar-refractivity contribution < 1.29 is 15.0 Å². The van der Waals surface area contributed by atoms with E-state index in [9.17, 15) is 9.90 Å². The lowest BCUT2D eigenvalue weighted by Crippen LogP contribution is -2.19. The number of carboxylic acid groups (broad SMARTS) is 1. The number of aliphatic carboxylic acids is 1. The summed E-state index contributed by atoms with van der Waals surface area (Å²) in [4.78, 5) is 10.6. The highest BCUT2D eigenvalue weighted by atomic mass is 16.4. The van der Waals surface area contributed by atoms with Crippen LogP contribution in [0, 0.1) is 0 Å². The molecule has 3 heteroatoms. The molecule has 80 valence electrons. The molecule has 1 aromatic rings. The molecule has 1 atom stereocenters. The van der Waals surface area contributed by atoms with E-state index >= 15 is 0 Å². The van der Waals surface area contributed by atoms with Gasteiger partial charge in [-0.3, -0.25) is 0 Å². The molecule has 0 aliphatic carbocycles. The van der Waals surface area contributed by atoms with Crippen LogP contribution in [-0.2, 0) is 10.4 Å². The van der Waals surface area contributed by atoms with Crippen LogP contribution in [-0.4, -0.2) is 16.2 Å². The number of carbonyl (C=O) groups is 1. The summed E-state index contributed by atoms with van der Waals surface area (Å²) in [6.45, 7) is 3.02. The highest BCUT2D eigenvalue weighted by Gasteiger charge is 2.21. The molecule has 0 spiro atoms. The van der Waals surface area contributed by atoms with E-state index in [4.69, 9.17) is 5.11 Å². The van der Waals surface area contributed by atoms with E-state index in [2.05, 4.69) is 0 Å². The highest BCUT2D eigenvalue weighted by molar-refractivity contribution is 5.86. The van der Waals surface area contributed by atoms with Gasteiger partial charge in [0, 0.05) is 5.57 Å². The fraction of sp³-hybridized carbons (Fsp3) is 0.250. The first kappa shape index (κ1) is 11.5. The molecule has 0 saturated carbocycles. The van der Waals surface area contributed by atoms with E-state index in [1.165, 1.54) is 13.0 Å². The third-order valence-electron chi connectivity index (χ3n) is 2.19. The highest BCUT2D eigenvalue weighted by Crippen LogP contribution is 2.23. The number of carboxylic acids is 1. The third-order valence-corrected chi connectivity index (χ3v) is 2.19. The van der Waals surface area contributed by atoms with E-state index in [1.54, 1.807) is 31.2 Å². The average Bonchev–Trinajstić information content (AvgIpc) is 2.18. The second-order valence-corrected chi connectivity index (χ2v) is 3.65. The smallest absolute Gasteiger partial charge is 0.331 e. The molecule has 0 radical (unpaired) electrons. The van der Waals surface area contributed by atoms with Gasteiger partial charge in [0.15, 0.2) is 0 Å². The maximum absolute atomic E-state index is 10.6. The predicted octanol–water partition coefficient (Wildman–Crippen LogP) is 1.93. The minimum Gasteiger partial charge on any atom is -0.478 e. The largest absolute Gasteiger partial charge is 0.478 e. The number of hydrogen-bond acceptors (Lipinski definition) is 2. The lowest BCUT2D eigenvalue weighted by Gasteiger charge is -2.20. The van der Waals surface area contributed by atoms with E-state index in [-0.39, 0.29) is 5.57 Å². The maximum Gasteiger partial charge on any atom is 0.331 e. The summed E-state index contributed by atoms with van der Waals surface area (Å²) in [7, 11) is 0. The quantitative estimate of drug-likeness (QED) is 0.743. The maximum atomic E-state index is 10.6. The molecule has 1 aromatic carbocycles. The van der Waals surface area contributed by atoms with Crippen molar-refractivity contribution in [3.05, 3.63) is 47.5 Å². The second kappa shape index (κ2) is 4.28. The van der Waals surface area contributed by atoms with Gasteiger partial charge in [0.25, 0.3) is 0 Å². The molecule has 0 heterocycles. The molecule has 2 N–H and O–H groups in total. The summed E-state index contributed by atoms with van der Waals surface area (Å²) in [5, 5.41) is 18.8. The molecule has 1 unspecified atom stereocenters. The lowest BCUT2D eigenvalue weighted by molar-refractivity contribution is -0.132. The second-order valence-electron chi connectivity index (χ2n) is 3.65. The van der Waals surface area contributed by atoms with Crippen LogP contribution in [0.3, 0.4) is 0 Å². The molecule has 0 aliphatic rings. The number of rotatable bonds is 3. The van der Waals surface area contributed by atoms with Gasteiger partial charge >= 0.3 is 5.97 Å². The first-order chi connectivity index (χ1) is 6.93. The minimum absolute atomic E-state index is 0.129. The summed E-state index contributed by atoms with van der Waals surface area (Å²) in [5.74, 6) is -1.02. The van der Waals surface area contributed by atoms with E-state index in [0.717, 1.165) is 0 Å². The molecule has 0 saturated heterocycles. The van der Waals surface area contributed by atoms with Gasteiger partial charge in [-0.1, -0.05) is 30.3 Å². The summed E-state index contributed by atoms with van der Waals surface area (Å²) in [6, 6.07) is 8.95. The molecule has 15 heavy (non-hydrogen) atoms. The van der Waals surface area contributed by atoms with Crippen molar-refractivity contribution in [2.24, 2.45) is 0 Å². The van der Waals surface area contributed by atoms with Crippen LogP contribution in [0.25, 0.3) is 0 Å². The summed E-state index contributed by atoms with van der Waals surface area (Å²) >= 11 is 0. The molecule has 0 bridgehead atoms. The van der Waals surface area contributed by atoms with Gasteiger partial charge in [0.2, 0.25) is 0 Å². The van der Waals surface area contributed by atoms with Crippen molar-refractivity contribution >= 4 is 5.97 Å². The molecule has 0 fully saturated rings. The Morgan fingerprint density at radius 1 is 1.33 bits per heavy atom. The standard InChI is InChI=1S/C12H14O3/c1-9(11(13)14)8-12(2,15)10-6-4-3-5-7-10/h3-8,15H,1-2H3,(H,13,14)/b9-8+. The van der Waals surface area contributed by atoms with Gasteiger partial charge in [-0.15, -0.1) is 0 Å². The zero-order valence-corrected chi connectivity index (χ0v) is 8.77. The van der Waals surface area contributed by atoms with Crippen molar-refractivity contribution in [2.45, 2.75) is 19.4 Å². The fourth-order valence-corrected chi connectivity index (χ4v) is 1.34. The zero-order valence-electron chi connectivity index (χ0n) is 8.77. The molecule has 3 nitrogen and oxygen atoms in total. The first-order valence-corrected chi connectivity index (χ1v) is 4.64. The Morgan fingerprint density at radius 3 is 2.33 bits per heavy atom. The van der Waals surface area contributed by atoms with Gasteiger partial charge in [0.05, 0.1) is 0 Å². The van der Waals surface area contributed by atoms with E-state index in [1.807, 2.05) is 6.07 Å². The minimum atomic E-state index is -1.25. The number of aliphatic hydroxyl groups is 1. The van der Waals surface area contributed by atoms with Crippen LogP contribution < -0.4 is 0 Å². The van der Waals surface area contributed by atoms with Crippen LogP contribution in [0.15, 0.2) is 42.0 Å². The Hall–Kier alpha value is -1.61. The van der Waals surface area contributed by atoms with Crippen LogP contribution in [0.5, 0.6) is 0 Å². The van der Waals surface area contributed by atoms with Crippen LogP contribution in [0.1, 0.15) is 19.4 Å². The number of hydrogen-bond donors (Lipinski definition) is 2. The van der Waals surface area contributed by atoms with E-state index in [0.29, 0.717) is 5.56 Å². The van der Waals surface area contributed by atoms with E-state index < -0.39 is 11.6 Å². The Balaban J connectivity index is 3.04. The third kappa shape index (κ3) is 2.92. The Morgan fingerprint density at radius 2 is 1.87 bits per heavy atom. The molecule has 0 aliphatic heterocycles. The van der Waals surface area contributed by atoms with Gasteiger partial charge in [-0.2, -0.15) is 0 Å². The van der Waals surface area contributed by atoms with Gasteiger partial charge < -0.3 is 10.2 Å². The predicted molar refractivity (Wildman–Crippen MR) is 57.4 cm³/mol. The topological polar surface area (TPSA) is 57.5 Å². The first-order valence-electron chi connectivity index (χ1n) is 4.64. The lowest BCUT2D eigenvalue weighted by atomic mass is 9.94.